The Morgan fingerprint density at radius 2 is 1.97 bits per heavy atom. The van der Waals surface area contributed by atoms with Crippen molar-refractivity contribution in [1.82, 2.24) is 5.32 Å². The third-order valence-electron chi connectivity index (χ3n) is 4.84. The lowest BCUT2D eigenvalue weighted by Crippen LogP contribution is -2.63. The van der Waals surface area contributed by atoms with E-state index < -0.39 is 17.7 Å². The predicted octanol–water partition coefficient (Wildman–Crippen LogP) is 3.96. The van der Waals surface area contributed by atoms with Gasteiger partial charge in [-0.05, 0) is 62.7 Å². The van der Waals surface area contributed by atoms with Crippen LogP contribution in [0.25, 0.3) is 0 Å². The SMILES string of the molecule is CCOc1ccc(N2C(=O)Nc3ccc(Br)cc3[C@@]2(O)C(=O)N[C@@H](C)CC)cc1. The molecule has 29 heavy (non-hydrogen) atoms. The molecule has 154 valence electrons. The average Bonchev–Trinajstić information content (AvgIpc) is 2.70. The van der Waals surface area contributed by atoms with Crippen LogP contribution in [0.15, 0.2) is 46.9 Å². The second-order valence-electron chi connectivity index (χ2n) is 6.84. The second kappa shape index (κ2) is 8.42. The number of urea groups is 1. The number of halogens is 1. The van der Waals surface area contributed by atoms with E-state index in [-0.39, 0.29) is 11.6 Å². The first-order valence-electron chi connectivity index (χ1n) is 9.48. The fourth-order valence-electron chi connectivity index (χ4n) is 3.16. The fourth-order valence-corrected chi connectivity index (χ4v) is 3.53. The van der Waals surface area contributed by atoms with E-state index in [4.69, 9.17) is 4.74 Å². The molecule has 2 aromatic rings. The van der Waals surface area contributed by atoms with Gasteiger partial charge in [-0.25, -0.2) is 4.79 Å². The van der Waals surface area contributed by atoms with Crippen LogP contribution in [0, 0.1) is 0 Å². The Labute approximate surface area is 178 Å². The van der Waals surface area contributed by atoms with Crippen LogP contribution in [-0.2, 0) is 10.5 Å². The standard InChI is InChI=1S/C21H24BrN3O4/c1-4-13(3)23-19(26)21(28)17-12-14(22)6-11-18(17)24-20(27)25(21)15-7-9-16(10-8-15)29-5-2/h6-13,28H,4-5H2,1-3H3,(H,23,26)(H,24,27)/t13-,21+/m0/s1. The first kappa shape index (κ1) is 21.1. The molecule has 3 amide bonds. The summed E-state index contributed by atoms with van der Waals surface area (Å²) in [6, 6.07) is 10.9. The number of hydrogen-bond donors (Lipinski definition) is 3. The van der Waals surface area contributed by atoms with E-state index in [1.54, 1.807) is 42.5 Å². The highest BCUT2D eigenvalue weighted by Gasteiger charge is 2.52. The highest BCUT2D eigenvalue weighted by molar-refractivity contribution is 9.10. The lowest BCUT2D eigenvalue weighted by atomic mass is 9.94. The second-order valence-corrected chi connectivity index (χ2v) is 7.75. The van der Waals surface area contributed by atoms with E-state index in [9.17, 15) is 14.7 Å². The quantitative estimate of drug-likeness (QED) is 0.606. The summed E-state index contributed by atoms with van der Waals surface area (Å²) in [5.74, 6) is -0.0423. The number of ether oxygens (including phenoxy) is 1. The van der Waals surface area contributed by atoms with Gasteiger partial charge < -0.3 is 20.5 Å². The molecule has 0 fully saturated rings. The molecule has 1 aliphatic heterocycles. The highest BCUT2D eigenvalue weighted by atomic mass is 79.9. The minimum absolute atomic E-state index is 0.172. The van der Waals surface area contributed by atoms with Crippen LogP contribution in [0.4, 0.5) is 16.2 Å². The van der Waals surface area contributed by atoms with Gasteiger partial charge in [0.25, 0.3) is 11.6 Å². The number of rotatable bonds is 6. The number of benzene rings is 2. The van der Waals surface area contributed by atoms with E-state index in [0.29, 0.717) is 34.6 Å². The van der Waals surface area contributed by atoms with Crippen LogP contribution in [0.1, 0.15) is 32.8 Å². The molecule has 0 spiro atoms. The molecular weight excluding hydrogens is 438 g/mol. The average molecular weight is 462 g/mol. The van der Waals surface area contributed by atoms with Gasteiger partial charge in [-0.15, -0.1) is 0 Å². The van der Waals surface area contributed by atoms with Crippen molar-refractivity contribution < 1.29 is 19.4 Å². The van der Waals surface area contributed by atoms with Crippen molar-refractivity contribution in [1.29, 1.82) is 0 Å². The molecule has 0 aromatic heterocycles. The Morgan fingerprint density at radius 1 is 1.28 bits per heavy atom. The van der Waals surface area contributed by atoms with Crippen molar-refractivity contribution in [3.8, 4) is 5.75 Å². The molecule has 0 saturated heterocycles. The van der Waals surface area contributed by atoms with Gasteiger partial charge in [-0.1, -0.05) is 22.9 Å². The maximum Gasteiger partial charge on any atom is 0.329 e. The number of nitrogens with one attached hydrogen (secondary N) is 2. The minimum Gasteiger partial charge on any atom is -0.494 e. The van der Waals surface area contributed by atoms with Gasteiger partial charge >= 0.3 is 6.03 Å². The lowest BCUT2D eigenvalue weighted by molar-refractivity contribution is -0.140. The molecule has 2 atom stereocenters. The van der Waals surface area contributed by atoms with Gasteiger partial charge in [0.05, 0.1) is 12.3 Å². The van der Waals surface area contributed by atoms with Crippen molar-refractivity contribution in [3.63, 3.8) is 0 Å². The fraction of sp³-hybridized carbons (Fsp3) is 0.333. The molecule has 1 aliphatic rings. The maximum absolute atomic E-state index is 13.2. The first-order chi connectivity index (χ1) is 13.8. The third kappa shape index (κ3) is 3.95. The van der Waals surface area contributed by atoms with Crippen LogP contribution in [0.5, 0.6) is 5.75 Å². The third-order valence-corrected chi connectivity index (χ3v) is 5.33. The maximum atomic E-state index is 13.2. The number of aliphatic hydroxyl groups is 1. The molecular formula is C21H24BrN3O4. The molecule has 0 unspecified atom stereocenters. The number of nitrogens with zero attached hydrogens (tertiary/aromatic N) is 1. The summed E-state index contributed by atoms with van der Waals surface area (Å²) in [6.45, 7) is 6.15. The van der Waals surface area contributed by atoms with Crippen LogP contribution < -0.4 is 20.3 Å². The first-order valence-corrected chi connectivity index (χ1v) is 10.3. The monoisotopic (exact) mass is 461 g/mol. The Morgan fingerprint density at radius 3 is 2.59 bits per heavy atom. The summed E-state index contributed by atoms with van der Waals surface area (Å²) in [4.78, 5) is 27.3. The molecule has 3 rings (SSSR count). The van der Waals surface area contributed by atoms with E-state index in [2.05, 4.69) is 26.6 Å². The molecule has 0 saturated carbocycles. The number of anilines is 2. The van der Waals surface area contributed by atoms with Crippen LogP contribution in [-0.4, -0.2) is 29.7 Å². The molecule has 3 N–H and O–H groups in total. The summed E-state index contributed by atoms with van der Waals surface area (Å²) in [5.41, 5.74) is -1.21. The molecule has 8 heteroatoms. The summed E-state index contributed by atoms with van der Waals surface area (Å²) in [5, 5.41) is 17.3. The molecule has 0 radical (unpaired) electrons. The highest BCUT2D eigenvalue weighted by Crippen LogP contribution is 2.41. The van der Waals surface area contributed by atoms with E-state index in [0.717, 1.165) is 4.90 Å². The van der Waals surface area contributed by atoms with E-state index >= 15 is 0 Å². The van der Waals surface area contributed by atoms with Gasteiger partial charge in [0.15, 0.2) is 0 Å². The zero-order valence-electron chi connectivity index (χ0n) is 16.5. The van der Waals surface area contributed by atoms with Crippen LogP contribution in [0.3, 0.4) is 0 Å². The summed E-state index contributed by atoms with van der Waals surface area (Å²) in [6.07, 6.45) is 0.683. The smallest absolute Gasteiger partial charge is 0.329 e. The molecule has 0 aliphatic carbocycles. The van der Waals surface area contributed by atoms with Gasteiger partial charge in [-0.2, -0.15) is 0 Å². The van der Waals surface area contributed by atoms with Crippen molar-refractivity contribution in [2.45, 2.75) is 39.0 Å². The summed E-state index contributed by atoms with van der Waals surface area (Å²) >= 11 is 3.38. The zero-order valence-corrected chi connectivity index (χ0v) is 18.1. The number of fused-ring (bicyclic) bond motifs is 1. The number of hydrogen-bond acceptors (Lipinski definition) is 4. The zero-order chi connectivity index (χ0) is 21.2. The lowest BCUT2D eigenvalue weighted by Gasteiger charge is -2.43. The van der Waals surface area contributed by atoms with Gasteiger partial charge in [0.2, 0.25) is 0 Å². The largest absolute Gasteiger partial charge is 0.494 e. The number of carbonyl (C=O) groups excluding carboxylic acids is 2. The van der Waals surface area contributed by atoms with Gasteiger partial charge in [0, 0.05) is 21.8 Å². The van der Waals surface area contributed by atoms with E-state index in [1.807, 2.05) is 20.8 Å². The Balaban J connectivity index is 2.14. The Bertz CT molecular complexity index is 919. The van der Waals surface area contributed by atoms with Gasteiger partial charge in [0.1, 0.15) is 5.75 Å². The normalized spacial score (nSPS) is 19.2. The predicted molar refractivity (Wildman–Crippen MR) is 115 cm³/mol. The van der Waals surface area contributed by atoms with Crippen molar-refractivity contribution >= 4 is 39.2 Å². The minimum atomic E-state index is -2.22. The summed E-state index contributed by atoms with van der Waals surface area (Å²) in [7, 11) is 0. The van der Waals surface area contributed by atoms with Crippen LogP contribution >= 0.6 is 15.9 Å². The molecule has 1 heterocycles. The molecule has 2 aromatic carbocycles. The van der Waals surface area contributed by atoms with E-state index in [1.165, 1.54) is 0 Å². The summed E-state index contributed by atoms with van der Waals surface area (Å²) < 4.78 is 6.12. The van der Waals surface area contributed by atoms with Gasteiger partial charge in [-0.3, -0.25) is 9.69 Å². The number of carbonyl (C=O) groups is 2. The molecule has 7 nitrogen and oxygen atoms in total. The van der Waals surface area contributed by atoms with Crippen molar-refractivity contribution in [2.75, 3.05) is 16.8 Å². The molecule has 0 bridgehead atoms. The topological polar surface area (TPSA) is 90.9 Å². The Hall–Kier alpha value is -2.58. The van der Waals surface area contributed by atoms with Crippen molar-refractivity contribution in [3.05, 3.63) is 52.5 Å². The van der Waals surface area contributed by atoms with Crippen molar-refractivity contribution in [2.24, 2.45) is 0 Å². The number of amides is 3. The Kier molecular flexibility index (Phi) is 6.14. The van der Waals surface area contributed by atoms with Crippen LogP contribution in [0.2, 0.25) is 0 Å².